The number of nitrogens with zero attached hydrogens (tertiary/aromatic N) is 3. The van der Waals surface area contributed by atoms with Gasteiger partial charge in [-0.2, -0.15) is 13.2 Å². The van der Waals surface area contributed by atoms with Crippen molar-refractivity contribution in [2.24, 2.45) is 17.8 Å². The lowest BCUT2D eigenvalue weighted by Crippen LogP contribution is -2.51. The Morgan fingerprint density at radius 2 is 1.69 bits per heavy atom. The van der Waals surface area contributed by atoms with Gasteiger partial charge in [0, 0.05) is 52.5 Å². The Labute approximate surface area is 235 Å². The number of aliphatic hydroxyl groups is 1. The van der Waals surface area contributed by atoms with Crippen LogP contribution in [0.4, 0.5) is 24.5 Å². The SMILES string of the molecule is [C-]#[N+]c1cc2c(c(C(F)(F)F)c1)C(O)(c1ccc(Cl)cc1Cl)C(=O)N2C[C@H]1C[C@H](N(CC2CC2)CC2CC2)C1. The number of benzene rings is 2. The number of hydrogen-bond donors (Lipinski definition) is 1. The molecule has 39 heavy (non-hydrogen) atoms. The highest BCUT2D eigenvalue weighted by Gasteiger charge is 2.57. The van der Waals surface area contributed by atoms with Crippen LogP contribution in [0.3, 0.4) is 0 Å². The number of halogens is 5. The molecule has 1 heterocycles. The molecule has 1 unspecified atom stereocenters. The van der Waals surface area contributed by atoms with E-state index in [1.807, 2.05) is 0 Å². The minimum atomic E-state index is -4.92. The third kappa shape index (κ3) is 4.93. The van der Waals surface area contributed by atoms with Gasteiger partial charge in [0.15, 0.2) is 11.3 Å². The highest BCUT2D eigenvalue weighted by atomic mass is 35.5. The first-order valence-corrected chi connectivity index (χ1v) is 14.1. The molecule has 0 aromatic heterocycles. The molecule has 3 saturated carbocycles. The fourth-order valence-corrected chi connectivity index (χ4v) is 6.71. The molecule has 206 valence electrons. The summed E-state index contributed by atoms with van der Waals surface area (Å²) in [5.41, 5.74) is -4.99. The van der Waals surface area contributed by atoms with Gasteiger partial charge in [0.1, 0.15) is 0 Å². The molecule has 1 atom stereocenters. The Kier molecular flexibility index (Phi) is 6.66. The summed E-state index contributed by atoms with van der Waals surface area (Å²) in [5, 5.41) is 12.0. The summed E-state index contributed by atoms with van der Waals surface area (Å²) in [6.07, 6.45) is 1.85. The predicted molar refractivity (Wildman–Crippen MR) is 143 cm³/mol. The zero-order valence-electron chi connectivity index (χ0n) is 21.1. The number of carbonyl (C=O) groups is 1. The molecule has 2 aromatic rings. The Balaban J connectivity index is 1.34. The minimum Gasteiger partial charge on any atom is -0.372 e. The Hall–Kier alpha value is -2.31. The Bertz CT molecular complexity index is 1350. The smallest absolute Gasteiger partial charge is 0.372 e. The Morgan fingerprint density at radius 3 is 2.23 bits per heavy atom. The van der Waals surface area contributed by atoms with Crippen LogP contribution in [0.25, 0.3) is 4.85 Å². The van der Waals surface area contributed by atoms with E-state index in [1.165, 1.54) is 54.8 Å². The largest absolute Gasteiger partial charge is 0.415 e. The summed E-state index contributed by atoms with van der Waals surface area (Å²) in [5.74, 6) is 0.705. The standard InChI is InChI=1S/C29H28Cl2F3N3O2/c1-35-20-11-23(29(32,33)34)26-25(12-20)37(27(38)28(26,39)22-7-6-19(30)10-24(22)31)15-18-8-21(9-18)36(13-16-2-3-16)14-17-4-5-17/h6-7,10-12,16-18,21,39H,2-5,8-9,13-15H2/t18-,21-,28?. The van der Waals surface area contributed by atoms with Crippen molar-refractivity contribution in [3.8, 4) is 0 Å². The number of alkyl halides is 3. The van der Waals surface area contributed by atoms with Crippen molar-refractivity contribution in [2.75, 3.05) is 24.5 Å². The summed E-state index contributed by atoms with van der Waals surface area (Å²) in [4.78, 5) is 21.0. The minimum absolute atomic E-state index is 0.0710. The van der Waals surface area contributed by atoms with E-state index >= 15 is 0 Å². The van der Waals surface area contributed by atoms with E-state index in [1.54, 1.807) is 0 Å². The van der Waals surface area contributed by atoms with Crippen LogP contribution in [0.1, 0.15) is 55.2 Å². The second-order valence-corrected chi connectivity index (χ2v) is 12.4. The van der Waals surface area contributed by atoms with Gasteiger partial charge in [-0.05, 0) is 80.5 Å². The van der Waals surface area contributed by atoms with Crippen molar-refractivity contribution in [3.63, 3.8) is 0 Å². The van der Waals surface area contributed by atoms with Crippen LogP contribution in [0.5, 0.6) is 0 Å². The number of amides is 1. The van der Waals surface area contributed by atoms with Gasteiger partial charge in [0.2, 0.25) is 0 Å². The van der Waals surface area contributed by atoms with E-state index in [-0.39, 0.29) is 39.4 Å². The van der Waals surface area contributed by atoms with Gasteiger partial charge in [-0.1, -0.05) is 29.3 Å². The second-order valence-electron chi connectivity index (χ2n) is 11.6. The first-order valence-electron chi connectivity index (χ1n) is 13.4. The maximum atomic E-state index is 14.3. The van der Waals surface area contributed by atoms with Crippen molar-refractivity contribution in [1.29, 1.82) is 0 Å². The molecule has 1 N–H and O–H groups in total. The quantitative estimate of drug-likeness (QED) is 0.342. The molecule has 0 bridgehead atoms. The molecule has 2 aromatic carbocycles. The van der Waals surface area contributed by atoms with Gasteiger partial charge in [-0.15, -0.1) is 0 Å². The molecule has 6 rings (SSSR count). The molecule has 3 fully saturated rings. The third-order valence-corrected chi connectivity index (χ3v) is 9.16. The average molecular weight is 578 g/mol. The summed E-state index contributed by atoms with van der Waals surface area (Å²) in [6, 6.07) is 6.30. The lowest BCUT2D eigenvalue weighted by molar-refractivity contribution is -0.142. The maximum absolute atomic E-state index is 14.3. The van der Waals surface area contributed by atoms with Crippen molar-refractivity contribution in [2.45, 2.75) is 56.3 Å². The van der Waals surface area contributed by atoms with Crippen LogP contribution < -0.4 is 4.90 Å². The van der Waals surface area contributed by atoms with E-state index in [0.717, 1.165) is 37.8 Å². The molecular formula is C29H28Cl2F3N3O2. The highest BCUT2D eigenvalue weighted by molar-refractivity contribution is 6.35. The van der Waals surface area contributed by atoms with Gasteiger partial charge in [0.05, 0.1) is 12.1 Å². The number of hydrogen-bond acceptors (Lipinski definition) is 3. The molecule has 0 spiro atoms. The van der Waals surface area contributed by atoms with Gasteiger partial charge in [-0.25, -0.2) is 4.85 Å². The zero-order chi connectivity index (χ0) is 27.7. The summed E-state index contributed by atoms with van der Waals surface area (Å²) >= 11 is 12.3. The molecule has 3 aliphatic carbocycles. The van der Waals surface area contributed by atoms with E-state index < -0.39 is 28.8 Å². The molecule has 0 radical (unpaired) electrons. The molecule has 1 amide bonds. The summed E-state index contributed by atoms with van der Waals surface area (Å²) < 4.78 is 43.0. The maximum Gasteiger partial charge on any atom is 0.415 e. The predicted octanol–water partition coefficient (Wildman–Crippen LogP) is 7.05. The molecule has 1 aliphatic heterocycles. The van der Waals surface area contributed by atoms with Crippen molar-refractivity contribution in [3.05, 3.63) is 68.5 Å². The van der Waals surface area contributed by atoms with Crippen molar-refractivity contribution >= 4 is 40.5 Å². The lowest BCUT2D eigenvalue weighted by atomic mass is 9.78. The first kappa shape index (κ1) is 26.9. The van der Waals surface area contributed by atoms with Crippen LogP contribution >= 0.6 is 23.2 Å². The van der Waals surface area contributed by atoms with E-state index in [0.29, 0.717) is 12.1 Å². The fraction of sp³-hybridized carbons (Fsp3) is 0.517. The number of fused-ring (bicyclic) bond motifs is 1. The summed E-state index contributed by atoms with van der Waals surface area (Å²) in [6.45, 7) is 9.73. The van der Waals surface area contributed by atoms with E-state index in [4.69, 9.17) is 29.8 Å². The van der Waals surface area contributed by atoms with Crippen LogP contribution in [0.2, 0.25) is 10.0 Å². The van der Waals surface area contributed by atoms with Crippen LogP contribution in [0.15, 0.2) is 30.3 Å². The number of anilines is 1. The average Bonchev–Trinajstić information content (AvgIpc) is 3.78. The van der Waals surface area contributed by atoms with Crippen LogP contribution in [0, 0.1) is 24.3 Å². The third-order valence-electron chi connectivity index (χ3n) is 8.61. The van der Waals surface area contributed by atoms with Crippen LogP contribution in [-0.4, -0.2) is 41.6 Å². The van der Waals surface area contributed by atoms with E-state index in [9.17, 15) is 23.1 Å². The topological polar surface area (TPSA) is 48.1 Å². The number of rotatable bonds is 8. The monoisotopic (exact) mass is 577 g/mol. The van der Waals surface area contributed by atoms with Gasteiger partial charge in [0.25, 0.3) is 5.91 Å². The van der Waals surface area contributed by atoms with Crippen molar-refractivity contribution < 1.29 is 23.1 Å². The van der Waals surface area contributed by atoms with Crippen molar-refractivity contribution in [1.82, 2.24) is 4.90 Å². The fourth-order valence-electron chi connectivity index (χ4n) is 6.16. The Morgan fingerprint density at radius 1 is 1.05 bits per heavy atom. The molecule has 4 aliphatic rings. The normalized spacial score (nSPS) is 26.5. The number of carbonyl (C=O) groups excluding carboxylic acids is 1. The highest BCUT2D eigenvalue weighted by Crippen LogP contribution is 2.54. The van der Waals surface area contributed by atoms with E-state index in [2.05, 4.69) is 9.74 Å². The zero-order valence-corrected chi connectivity index (χ0v) is 22.7. The first-order chi connectivity index (χ1) is 18.5. The van der Waals surface area contributed by atoms with Crippen LogP contribution in [-0.2, 0) is 16.6 Å². The molecular weight excluding hydrogens is 550 g/mol. The molecule has 5 nitrogen and oxygen atoms in total. The summed E-state index contributed by atoms with van der Waals surface area (Å²) in [7, 11) is 0. The molecule has 10 heteroatoms. The van der Waals surface area contributed by atoms with Gasteiger partial charge >= 0.3 is 6.18 Å². The van der Waals surface area contributed by atoms with Gasteiger partial charge < -0.3 is 10.0 Å². The molecule has 0 saturated heterocycles. The van der Waals surface area contributed by atoms with Gasteiger partial charge in [-0.3, -0.25) is 9.69 Å². The second kappa shape index (κ2) is 9.66. The lowest BCUT2D eigenvalue weighted by Gasteiger charge is -2.44.